The van der Waals surface area contributed by atoms with E-state index < -0.39 is 14.6 Å². The Bertz CT molecular complexity index is 544. The SMILES string of the molecule is COCCNCc1cn(CCS(=O)(=O)C(C)(C)C)nc1C. The molecule has 0 aliphatic carbocycles. The van der Waals surface area contributed by atoms with Crippen LogP contribution in [-0.4, -0.2) is 49.0 Å². The van der Waals surface area contributed by atoms with E-state index in [1.165, 1.54) is 0 Å². The molecule has 1 aromatic rings. The van der Waals surface area contributed by atoms with Crippen molar-refractivity contribution < 1.29 is 13.2 Å². The summed E-state index contributed by atoms with van der Waals surface area (Å²) in [6, 6.07) is 0. The number of nitrogens with zero attached hydrogens (tertiary/aromatic N) is 2. The van der Waals surface area contributed by atoms with Crippen LogP contribution in [0.4, 0.5) is 0 Å². The third-order valence-electron chi connectivity index (χ3n) is 3.37. The highest BCUT2D eigenvalue weighted by Crippen LogP contribution is 2.16. The Morgan fingerprint density at radius 1 is 1.38 bits per heavy atom. The Kier molecular flexibility index (Phi) is 6.37. The molecular formula is C14H27N3O3S. The zero-order valence-electron chi connectivity index (χ0n) is 13.6. The molecule has 1 aromatic heterocycles. The first kappa shape index (κ1) is 18.1. The highest BCUT2D eigenvalue weighted by molar-refractivity contribution is 7.92. The van der Waals surface area contributed by atoms with Crippen LogP contribution < -0.4 is 5.32 Å². The minimum atomic E-state index is -3.12. The highest BCUT2D eigenvalue weighted by atomic mass is 32.2. The van der Waals surface area contributed by atoms with E-state index in [1.54, 1.807) is 32.6 Å². The number of hydrogen-bond acceptors (Lipinski definition) is 5. The fraction of sp³-hybridized carbons (Fsp3) is 0.786. The van der Waals surface area contributed by atoms with Gasteiger partial charge in [0.1, 0.15) is 0 Å². The summed E-state index contributed by atoms with van der Waals surface area (Å²) in [5, 5.41) is 7.63. The van der Waals surface area contributed by atoms with Crippen LogP contribution in [0.15, 0.2) is 6.20 Å². The van der Waals surface area contributed by atoms with Gasteiger partial charge in [0.25, 0.3) is 0 Å². The molecule has 1 N–H and O–H groups in total. The van der Waals surface area contributed by atoms with Gasteiger partial charge < -0.3 is 10.1 Å². The molecule has 0 bridgehead atoms. The maximum atomic E-state index is 12.1. The van der Waals surface area contributed by atoms with Gasteiger partial charge in [-0.15, -0.1) is 0 Å². The van der Waals surface area contributed by atoms with Gasteiger partial charge in [-0.25, -0.2) is 8.42 Å². The molecule has 21 heavy (non-hydrogen) atoms. The lowest BCUT2D eigenvalue weighted by Crippen LogP contribution is -2.32. The van der Waals surface area contributed by atoms with E-state index in [1.807, 2.05) is 13.1 Å². The number of hydrogen-bond donors (Lipinski definition) is 1. The van der Waals surface area contributed by atoms with E-state index >= 15 is 0 Å². The van der Waals surface area contributed by atoms with E-state index in [-0.39, 0.29) is 5.75 Å². The summed E-state index contributed by atoms with van der Waals surface area (Å²) in [6.45, 7) is 9.64. The van der Waals surface area contributed by atoms with Gasteiger partial charge in [-0.3, -0.25) is 4.68 Å². The maximum absolute atomic E-state index is 12.1. The average Bonchev–Trinajstić information content (AvgIpc) is 2.72. The second kappa shape index (κ2) is 7.38. The first-order valence-corrected chi connectivity index (χ1v) is 8.77. The van der Waals surface area contributed by atoms with E-state index in [2.05, 4.69) is 10.4 Å². The first-order valence-electron chi connectivity index (χ1n) is 7.12. The maximum Gasteiger partial charge on any atom is 0.157 e. The van der Waals surface area contributed by atoms with Crippen LogP contribution in [0, 0.1) is 6.92 Å². The van der Waals surface area contributed by atoms with Gasteiger partial charge in [-0.1, -0.05) is 0 Å². The van der Waals surface area contributed by atoms with Gasteiger partial charge in [0.2, 0.25) is 0 Å². The molecule has 0 saturated heterocycles. The first-order chi connectivity index (χ1) is 9.67. The molecule has 0 aromatic carbocycles. The fourth-order valence-electron chi connectivity index (χ4n) is 1.76. The minimum Gasteiger partial charge on any atom is -0.383 e. The van der Waals surface area contributed by atoms with Gasteiger partial charge in [-0.05, 0) is 27.7 Å². The van der Waals surface area contributed by atoms with Crippen LogP contribution in [0.25, 0.3) is 0 Å². The van der Waals surface area contributed by atoms with Crippen molar-refractivity contribution >= 4 is 9.84 Å². The normalized spacial score (nSPS) is 12.8. The second-order valence-electron chi connectivity index (χ2n) is 6.10. The lowest BCUT2D eigenvalue weighted by atomic mass is 10.2. The van der Waals surface area contributed by atoms with E-state index in [4.69, 9.17) is 4.74 Å². The number of nitrogens with one attached hydrogen (secondary N) is 1. The summed E-state index contributed by atoms with van der Waals surface area (Å²) in [7, 11) is -1.45. The van der Waals surface area contributed by atoms with E-state index in [9.17, 15) is 8.42 Å². The Labute approximate surface area is 127 Å². The summed E-state index contributed by atoms with van der Waals surface area (Å²) >= 11 is 0. The van der Waals surface area contributed by atoms with Crippen LogP contribution >= 0.6 is 0 Å². The Morgan fingerprint density at radius 2 is 2.05 bits per heavy atom. The summed E-state index contributed by atoms with van der Waals surface area (Å²) < 4.78 is 30.2. The molecule has 1 heterocycles. The van der Waals surface area contributed by atoms with E-state index in [0.29, 0.717) is 19.7 Å². The van der Waals surface area contributed by atoms with Gasteiger partial charge in [0.15, 0.2) is 9.84 Å². The van der Waals surface area contributed by atoms with Crippen LogP contribution in [0.5, 0.6) is 0 Å². The van der Waals surface area contributed by atoms with Crippen LogP contribution in [0.2, 0.25) is 0 Å². The predicted octanol–water partition coefficient (Wildman–Crippen LogP) is 1.14. The van der Waals surface area contributed by atoms with Crippen LogP contribution in [0.1, 0.15) is 32.0 Å². The summed E-state index contributed by atoms with van der Waals surface area (Å²) in [4.78, 5) is 0. The molecule has 1 rings (SSSR count). The molecule has 0 fully saturated rings. The molecule has 6 nitrogen and oxygen atoms in total. The highest BCUT2D eigenvalue weighted by Gasteiger charge is 2.28. The monoisotopic (exact) mass is 317 g/mol. The van der Waals surface area contributed by atoms with Crippen molar-refractivity contribution in [3.05, 3.63) is 17.5 Å². The van der Waals surface area contributed by atoms with E-state index in [0.717, 1.165) is 17.8 Å². The van der Waals surface area contributed by atoms with Gasteiger partial charge in [0.05, 0.1) is 29.3 Å². The molecule has 7 heteroatoms. The molecule has 0 amide bonds. The summed E-state index contributed by atoms with van der Waals surface area (Å²) in [6.07, 6.45) is 1.91. The summed E-state index contributed by atoms with van der Waals surface area (Å²) in [5.74, 6) is 0.105. The van der Waals surface area contributed by atoms with Gasteiger partial charge in [-0.2, -0.15) is 5.10 Å². The number of aromatic nitrogens is 2. The minimum absolute atomic E-state index is 0.105. The molecule has 0 spiro atoms. The van der Waals surface area contributed by atoms with Crippen LogP contribution in [0.3, 0.4) is 0 Å². The third-order valence-corrected chi connectivity index (χ3v) is 5.95. The molecule has 0 aliphatic rings. The molecule has 0 aliphatic heterocycles. The average molecular weight is 317 g/mol. The van der Waals surface area contributed by atoms with Crippen molar-refractivity contribution in [3.8, 4) is 0 Å². The standard InChI is InChI=1S/C14H27N3O3S/c1-12-13(10-15-6-8-20-5)11-17(16-12)7-9-21(18,19)14(2,3)4/h11,15H,6-10H2,1-5H3. The zero-order valence-corrected chi connectivity index (χ0v) is 14.5. The number of ether oxygens (including phenoxy) is 1. The lowest BCUT2D eigenvalue weighted by Gasteiger charge is -2.18. The molecule has 0 atom stereocenters. The predicted molar refractivity (Wildman–Crippen MR) is 84.1 cm³/mol. The van der Waals surface area contributed by atoms with Crippen molar-refractivity contribution in [1.82, 2.24) is 15.1 Å². The Hall–Kier alpha value is -0.920. The largest absolute Gasteiger partial charge is 0.383 e. The van der Waals surface area contributed by atoms with Gasteiger partial charge >= 0.3 is 0 Å². The molecule has 122 valence electrons. The van der Waals surface area contributed by atoms with Gasteiger partial charge in [0, 0.05) is 32.0 Å². The smallest absolute Gasteiger partial charge is 0.157 e. The second-order valence-corrected chi connectivity index (χ2v) is 8.97. The molecule has 0 unspecified atom stereocenters. The quantitative estimate of drug-likeness (QED) is 0.728. The number of rotatable bonds is 8. The zero-order chi connectivity index (χ0) is 16.1. The number of methoxy groups -OCH3 is 1. The number of aryl methyl sites for hydroxylation is 2. The third kappa shape index (κ3) is 5.41. The lowest BCUT2D eigenvalue weighted by molar-refractivity contribution is 0.199. The Morgan fingerprint density at radius 3 is 2.62 bits per heavy atom. The topological polar surface area (TPSA) is 73.2 Å². The van der Waals surface area contributed by atoms with Crippen molar-refractivity contribution in [1.29, 1.82) is 0 Å². The van der Waals surface area contributed by atoms with Crippen molar-refractivity contribution in [2.75, 3.05) is 26.0 Å². The summed E-state index contributed by atoms with van der Waals surface area (Å²) in [5.41, 5.74) is 2.01. The molecule has 0 saturated carbocycles. The molecular weight excluding hydrogens is 290 g/mol. The van der Waals surface area contributed by atoms with Crippen molar-refractivity contribution in [2.24, 2.45) is 0 Å². The Balaban J connectivity index is 2.58. The van der Waals surface area contributed by atoms with Crippen molar-refractivity contribution in [3.63, 3.8) is 0 Å². The van der Waals surface area contributed by atoms with Crippen LogP contribution in [-0.2, 0) is 27.7 Å². The van der Waals surface area contributed by atoms with Crippen molar-refractivity contribution in [2.45, 2.75) is 45.5 Å². The fourth-order valence-corrected chi connectivity index (χ4v) is 2.80. The number of sulfone groups is 1. The molecule has 0 radical (unpaired) electrons.